The summed E-state index contributed by atoms with van der Waals surface area (Å²) in [4.78, 5) is 11.6. The first kappa shape index (κ1) is 13.4. The van der Waals surface area contributed by atoms with Crippen LogP contribution >= 0.6 is 0 Å². The Kier molecular flexibility index (Phi) is 3.61. The van der Waals surface area contributed by atoms with Gasteiger partial charge < -0.3 is 10.6 Å². The lowest BCUT2D eigenvalue weighted by atomic mass is 10.1. The van der Waals surface area contributed by atoms with Crippen LogP contribution in [-0.2, 0) is 0 Å². The Morgan fingerprint density at radius 3 is 2.70 bits per heavy atom. The van der Waals surface area contributed by atoms with Gasteiger partial charge in [-0.3, -0.25) is 4.57 Å². The van der Waals surface area contributed by atoms with Gasteiger partial charge in [-0.25, -0.2) is 9.97 Å². The first-order valence-corrected chi connectivity index (χ1v) is 7.48. The van der Waals surface area contributed by atoms with E-state index in [4.69, 9.17) is 5.73 Å². The van der Waals surface area contributed by atoms with Crippen molar-refractivity contribution in [2.75, 3.05) is 25.4 Å². The average molecular weight is 273 g/mol. The van der Waals surface area contributed by atoms with Gasteiger partial charge in [0.1, 0.15) is 5.52 Å². The first-order valence-electron chi connectivity index (χ1n) is 7.48. The van der Waals surface area contributed by atoms with E-state index in [2.05, 4.69) is 26.4 Å². The first-order chi connectivity index (χ1) is 9.65. The van der Waals surface area contributed by atoms with Gasteiger partial charge in [-0.2, -0.15) is 0 Å². The van der Waals surface area contributed by atoms with E-state index in [1.165, 1.54) is 32.4 Å². The Hall–Kier alpha value is -1.62. The number of nitrogens with two attached hydrogens (primary N) is 1. The molecule has 5 nitrogen and oxygen atoms in total. The molecule has 3 heterocycles. The third-order valence-corrected chi connectivity index (χ3v) is 4.12. The van der Waals surface area contributed by atoms with Crippen molar-refractivity contribution in [3.05, 3.63) is 17.8 Å². The molecule has 1 aliphatic rings. The van der Waals surface area contributed by atoms with E-state index in [0.717, 1.165) is 23.4 Å². The standard InChI is InChI=1S/C15H23N5/c1-11-6-7-13-14(17-11)20(15(16)18-13)12(2)10-19-8-4-3-5-9-19/h6-7,12H,3-5,8-10H2,1-2H3,(H2,16,18). The van der Waals surface area contributed by atoms with E-state index in [1.807, 2.05) is 19.1 Å². The van der Waals surface area contributed by atoms with Crippen molar-refractivity contribution in [2.24, 2.45) is 0 Å². The molecule has 0 saturated carbocycles. The minimum absolute atomic E-state index is 0.299. The Morgan fingerprint density at radius 1 is 1.20 bits per heavy atom. The topological polar surface area (TPSA) is 60.0 Å². The van der Waals surface area contributed by atoms with E-state index < -0.39 is 0 Å². The van der Waals surface area contributed by atoms with Crippen molar-refractivity contribution in [3.63, 3.8) is 0 Å². The second-order valence-electron chi connectivity index (χ2n) is 5.85. The molecule has 0 radical (unpaired) electrons. The van der Waals surface area contributed by atoms with E-state index in [-0.39, 0.29) is 0 Å². The summed E-state index contributed by atoms with van der Waals surface area (Å²) in [6.45, 7) is 7.62. The molecule has 2 aromatic heterocycles. The minimum Gasteiger partial charge on any atom is -0.369 e. The Bertz CT molecular complexity index is 598. The Labute approximate surface area is 119 Å². The van der Waals surface area contributed by atoms with Crippen LogP contribution in [0.4, 0.5) is 5.95 Å². The number of imidazole rings is 1. The Morgan fingerprint density at radius 2 is 1.95 bits per heavy atom. The summed E-state index contributed by atoms with van der Waals surface area (Å²) >= 11 is 0. The maximum atomic E-state index is 6.10. The number of aryl methyl sites for hydroxylation is 1. The highest BCUT2D eigenvalue weighted by Crippen LogP contribution is 2.23. The molecule has 0 bridgehead atoms. The Balaban J connectivity index is 1.88. The second kappa shape index (κ2) is 5.40. The van der Waals surface area contributed by atoms with E-state index in [9.17, 15) is 0 Å². The molecule has 1 unspecified atom stereocenters. The zero-order valence-corrected chi connectivity index (χ0v) is 12.3. The van der Waals surface area contributed by atoms with Crippen LogP contribution in [0, 0.1) is 6.92 Å². The van der Waals surface area contributed by atoms with Gasteiger partial charge in [0.15, 0.2) is 5.65 Å². The molecule has 0 spiro atoms. The van der Waals surface area contributed by atoms with Crippen molar-refractivity contribution in [3.8, 4) is 0 Å². The number of anilines is 1. The highest BCUT2D eigenvalue weighted by atomic mass is 15.2. The number of hydrogen-bond donors (Lipinski definition) is 1. The van der Waals surface area contributed by atoms with Crippen LogP contribution in [0.2, 0.25) is 0 Å². The highest BCUT2D eigenvalue weighted by Gasteiger charge is 2.19. The smallest absolute Gasteiger partial charge is 0.202 e. The number of likely N-dealkylation sites (tertiary alicyclic amines) is 1. The number of nitrogen functional groups attached to an aromatic ring is 1. The number of piperidine rings is 1. The normalized spacial score (nSPS) is 18.5. The van der Waals surface area contributed by atoms with E-state index in [0.29, 0.717) is 12.0 Å². The number of fused-ring (bicyclic) bond motifs is 1. The maximum Gasteiger partial charge on any atom is 0.202 e. The van der Waals surface area contributed by atoms with Crippen LogP contribution in [0.3, 0.4) is 0 Å². The predicted molar refractivity (Wildman–Crippen MR) is 81.7 cm³/mol. The molecule has 2 N–H and O–H groups in total. The number of rotatable bonds is 3. The lowest BCUT2D eigenvalue weighted by Gasteiger charge is -2.29. The molecule has 1 fully saturated rings. The molecule has 1 saturated heterocycles. The fourth-order valence-electron chi connectivity index (χ4n) is 3.12. The van der Waals surface area contributed by atoms with Crippen LogP contribution in [0.5, 0.6) is 0 Å². The molecule has 1 aliphatic heterocycles. The molecule has 20 heavy (non-hydrogen) atoms. The molecule has 108 valence electrons. The summed E-state index contributed by atoms with van der Waals surface area (Å²) in [5, 5.41) is 0. The molecule has 0 amide bonds. The summed E-state index contributed by atoms with van der Waals surface area (Å²) in [6.07, 6.45) is 3.98. The van der Waals surface area contributed by atoms with Crippen molar-refractivity contribution >= 4 is 17.1 Å². The van der Waals surface area contributed by atoms with Gasteiger partial charge in [-0.05, 0) is 51.9 Å². The second-order valence-corrected chi connectivity index (χ2v) is 5.85. The molecule has 3 rings (SSSR count). The maximum absolute atomic E-state index is 6.10. The number of nitrogens with zero attached hydrogens (tertiary/aromatic N) is 4. The summed E-state index contributed by atoms with van der Waals surface area (Å²) in [5.74, 6) is 0.572. The van der Waals surface area contributed by atoms with Crippen molar-refractivity contribution in [2.45, 2.75) is 39.2 Å². The molecule has 0 aliphatic carbocycles. The van der Waals surface area contributed by atoms with Crippen molar-refractivity contribution in [1.82, 2.24) is 19.4 Å². The molecular formula is C15H23N5. The number of aromatic nitrogens is 3. The summed E-state index contributed by atoms with van der Waals surface area (Å²) in [7, 11) is 0. The zero-order chi connectivity index (χ0) is 14.1. The van der Waals surface area contributed by atoms with Gasteiger partial charge in [0.2, 0.25) is 5.95 Å². The summed E-state index contributed by atoms with van der Waals surface area (Å²) < 4.78 is 2.08. The van der Waals surface area contributed by atoms with Crippen LogP contribution < -0.4 is 5.73 Å². The van der Waals surface area contributed by atoms with Crippen LogP contribution in [0.15, 0.2) is 12.1 Å². The van der Waals surface area contributed by atoms with Gasteiger partial charge >= 0.3 is 0 Å². The predicted octanol–water partition coefficient (Wildman–Crippen LogP) is 2.37. The number of pyridine rings is 1. The third kappa shape index (κ3) is 2.50. The monoisotopic (exact) mass is 273 g/mol. The lowest BCUT2D eigenvalue weighted by molar-refractivity contribution is 0.203. The van der Waals surface area contributed by atoms with Gasteiger partial charge in [0.25, 0.3) is 0 Å². The SMILES string of the molecule is Cc1ccc2nc(N)n(C(C)CN3CCCCC3)c2n1. The summed E-state index contributed by atoms with van der Waals surface area (Å²) in [5.41, 5.74) is 8.90. The molecular weight excluding hydrogens is 250 g/mol. The van der Waals surface area contributed by atoms with Crippen LogP contribution in [-0.4, -0.2) is 39.1 Å². The van der Waals surface area contributed by atoms with E-state index >= 15 is 0 Å². The molecule has 5 heteroatoms. The fraction of sp³-hybridized carbons (Fsp3) is 0.600. The third-order valence-electron chi connectivity index (χ3n) is 4.12. The van der Waals surface area contributed by atoms with Crippen LogP contribution in [0.1, 0.15) is 37.9 Å². The lowest BCUT2D eigenvalue weighted by Crippen LogP contribution is -2.34. The quantitative estimate of drug-likeness (QED) is 0.932. The molecule has 0 aromatic carbocycles. The number of hydrogen-bond acceptors (Lipinski definition) is 4. The molecule has 1 atom stereocenters. The van der Waals surface area contributed by atoms with Gasteiger partial charge in [0.05, 0.1) is 0 Å². The zero-order valence-electron chi connectivity index (χ0n) is 12.3. The van der Waals surface area contributed by atoms with Crippen molar-refractivity contribution < 1.29 is 0 Å². The van der Waals surface area contributed by atoms with Gasteiger partial charge in [-0.1, -0.05) is 6.42 Å². The van der Waals surface area contributed by atoms with E-state index in [1.54, 1.807) is 0 Å². The van der Waals surface area contributed by atoms with Crippen LogP contribution in [0.25, 0.3) is 11.2 Å². The highest BCUT2D eigenvalue weighted by molar-refractivity contribution is 5.74. The molecule has 2 aromatic rings. The minimum atomic E-state index is 0.299. The fourth-order valence-corrected chi connectivity index (χ4v) is 3.12. The average Bonchev–Trinajstić information content (AvgIpc) is 2.75. The van der Waals surface area contributed by atoms with Gasteiger partial charge in [0, 0.05) is 18.3 Å². The summed E-state index contributed by atoms with van der Waals surface area (Å²) in [6, 6.07) is 4.28. The van der Waals surface area contributed by atoms with Gasteiger partial charge in [-0.15, -0.1) is 0 Å². The largest absolute Gasteiger partial charge is 0.369 e. The van der Waals surface area contributed by atoms with Crippen molar-refractivity contribution in [1.29, 1.82) is 0 Å².